The number of hydrogen-bond donors (Lipinski definition) is 0. The molecule has 3 nitrogen and oxygen atoms in total. The fourth-order valence-electron chi connectivity index (χ4n) is 2.24. The summed E-state index contributed by atoms with van der Waals surface area (Å²) in [6.07, 6.45) is 5.41. The Kier molecular flexibility index (Phi) is 10.9. The smallest absolute Gasteiger partial charge is 0.266 e. The molecule has 0 aliphatic carbocycles. The van der Waals surface area contributed by atoms with Gasteiger partial charge in [0.25, 0.3) is 10.1 Å². The van der Waals surface area contributed by atoms with Crippen molar-refractivity contribution < 1.29 is 12.6 Å². The van der Waals surface area contributed by atoms with Crippen LogP contribution in [0, 0.1) is 19.8 Å². The van der Waals surface area contributed by atoms with E-state index in [4.69, 9.17) is 4.18 Å². The summed E-state index contributed by atoms with van der Waals surface area (Å²) >= 11 is 0. The van der Waals surface area contributed by atoms with Crippen molar-refractivity contribution in [3.8, 4) is 0 Å². The van der Waals surface area contributed by atoms with Gasteiger partial charge in [0, 0.05) is 29.6 Å². The maximum Gasteiger partial charge on any atom is 0.297 e. The molecule has 0 fully saturated rings. The molecule has 0 heterocycles. The van der Waals surface area contributed by atoms with Gasteiger partial charge in [-0.3, -0.25) is 4.18 Å². The molecule has 22 heavy (non-hydrogen) atoms. The van der Waals surface area contributed by atoms with E-state index in [0.29, 0.717) is 4.90 Å². The Morgan fingerprint density at radius 2 is 1.68 bits per heavy atom. The Hall–Kier alpha value is 0.130. The van der Waals surface area contributed by atoms with Gasteiger partial charge in [0.1, 0.15) is 0 Å². The third kappa shape index (κ3) is 7.60. The normalized spacial score (nSPS) is 11.5. The molecule has 0 aromatic heterocycles. The van der Waals surface area contributed by atoms with Crippen molar-refractivity contribution in [1.82, 2.24) is 0 Å². The first kappa shape index (κ1) is 22.1. The fourth-order valence-corrected chi connectivity index (χ4v) is 3.48. The summed E-state index contributed by atoms with van der Waals surface area (Å²) in [5, 5.41) is 0. The predicted molar refractivity (Wildman–Crippen MR) is 92.7 cm³/mol. The van der Waals surface area contributed by atoms with Crippen molar-refractivity contribution in [3.05, 3.63) is 29.3 Å². The van der Waals surface area contributed by atoms with Gasteiger partial charge in [-0.1, -0.05) is 51.7 Å². The van der Waals surface area contributed by atoms with Crippen LogP contribution in [0.5, 0.6) is 0 Å². The molecule has 0 bridgehead atoms. The van der Waals surface area contributed by atoms with Crippen LogP contribution in [0.25, 0.3) is 0 Å². The molecule has 1 aromatic rings. The summed E-state index contributed by atoms with van der Waals surface area (Å²) in [6, 6.07) is 5.27. The maximum absolute atomic E-state index is 12.2. The third-order valence-electron chi connectivity index (χ3n) is 3.74. The topological polar surface area (TPSA) is 43.4 Å². The molecule has 0 spiro atoms. The van der Waals surface area contributed by atoms with Gasteiger partial charge in [0.15, 0.2) is 0 Å². The summed E-state index contributed by atoms with van der Waals surface area (Å²) in [6.45, 7) is 8.44. The first-order valence-electron chi connectivity index (χ1n) is 7.80. The molecule has 0 atom stereocenters. The minimum Gasteiger partial charge on any atom is -0.266 e. The van der Waals surface area contributed by atoms with Crippen molar-refractivity contribution in [2.24, 2.45) is 5.92 Å². The zero-order chi connectivity index (χ0) is 15.9. The van der Waals surface area contributed by atoms with E-state index in [1.807, 2.05) is 19.9 Å². The van der Waals surface area contributed by atoms with E-state index in [1.165, 1.54) is 12.8 Å². The van der Waals surface area contributed by atoms with E-state index in [1.54, 1.807) is 12.1 Å². The average Bonchev–Trinajstić information content (AvgIpc) is 2.40. The van der Waals surface area contributed by atoms with E-state index in [2.05, 4.69) is 13.8 Å². The first-order chi connectivity index (χ1) is 9.84. The number of rotatable bonds is 9. The Bertz CT molecular complexity index is 539. The van der Waals surface area contributed by atoms with E-state index in [9.17, 15) is 8.42 Å². The molecule has 0 aliphatic heterocycles. The SMILES string of the molecule is Cc1cccc(S(=O)(=O)OCCCCCCC(C)C)c1C.[Na]. The molecular weight excluding hydrogens is 307 g/mol. The molecule has 1 aromatic carbocycles. The van der Waals surface area contributed by atoms with E-state index in [0.717, 1.165) is 36.3 Å². The average molecular weight is 335 g/mol. The van der Waals surface area contributed by atoms with E-state index < -0.39 is 10.1 Å². The van der Waals surface area contributed by atoms with Crippen LogP contribution in [0.3, 0.4) is 0 Å². The van der Waals surface area contributed by atoms with Gasteiger partial charge in [-0.05, 0) is 43.4 Å². The van der Waals surface area contributed by atoms with Crippen molar-refractivity contribution in [2.45, 2.75) is 64.7 Å². The minimum absolute atomic E-state index is 0. The second-order valence-corrected chi connectivity index (χ2v) is 7.65. The molecular formula is C17H28NaO3S. The monoisotopic (exact) mass is 335 g/mol. The predicted octanol–water partition coefficient (Wildman–Crippen LogP) is 4.23. The van der Waals surface area contributed by atoms with Crippen LogP contribution < -0.4 is 0 Å². The summed E-state index contributed by atoms with van der Waals surface area (Å²) in [5.41, 5.74) is 1.74. The molecule has 1 rings (SSSR count). The van der Waals surface area contributed by atoms with Crippen LogP contribution in [0.1, 0.15) is 57.1 Å². The summed E-state index contributed by atoms with van der Waals surface area (Å²) in [7, 11) is -3.62. The molecule has 0 N–H and O–H groups in total. The third-order valence-corrected chi connectivity index (χ3v) is 5.20. The zero-order valence-corrected chi connectivity index (χ0v) is 17.5. The van der Waals surface area contributed by atoms with Crippen molar-refractivity contribution >= 4 is 39.7 Å². The van der Waals surface area contributed by atoms with Gasteiger partial charge >= 0.3 is 0 Å². The largest absolute Gasteiger partial charge is 0.297 e. The number of hydrogen-bond acceptors (Lipinski definition) is 3. The number of aryl methyl sites for hydroxylation is 1. The van der Waals surface area contributed by atoms with Gasteiger partial charge in [-0.25, -0.2) is 0 Å². The van der Waals surface area contributed by atoms with E-state index >= 15 is 0 Å². The second-order valence-electron chi connectivity index (χ2n) is 6.07. The standard InChI is InChI=1S/C17H28O3S.Na/c1-14(2)10-7-5-6-8-13-20-21(18,19)17-12-9-11-15(3)16(17)4;/h9,11-12,14H,5-8,10,13H2,1-4H3;. The Morgan fingerprint density at radius 3 is 2.32 bits per heavy atom. The van der Waals surface area contributed by atoms with Crippen molar-refractivity contribution in [1.29, 1.82) is 0 Å². The van der Waals surface area contributed by atoms with Gasteiger partial charge in [-0.15, -0.1) is 0 Å². The van der Waals surface area contributed by atoms with Gasteiger partial charge in [-0.2, -0.15) is 8.42 Å². The van der Waals surface area contributed by atoms with Crippen LogP contribution in [-0.4, -0.2) is 44.6 Å². The quantitative estimate of drug-likeness (QED) is 0.385. The molecule has 1 radical (unpaired) electrons. The Labute approximate surface area is 158 Å². The van der Waals surface area contributed by atoms with Crippen LogP contribution in [-0.2, 0) is 14.3 Å². The maximum atomic E-state index is 12.2. The minimum atomic E-state index is -3.62. The summed E-state index contributed by atoms with van der Waals surface area (Å²) < 4.78 is 29.5. The van der Waals surface area contributed by atoms with Gasteiger partial charge in [0.05, 0.1) is 11.5 Å². The number of unbranched alkanes of at least 4 members (excludes halogenated alkanes) is 3. The molecule has 0 saturated carbocycles. The van der Waals surface area contributed by atoms with Crippen LogP contribution in [0.15, 0.2) is 23.1 Å². The Balaban J connectivity index is 0.00000441. The molecule has 121 valence electrons. The molecule has 0 saturated heterocycles. The zero-order valence-electron chi connectivity index (χ0n) is 14.7. The number of benzene rings is 1. The van der Waals surface area contributed by atoms with Gasteiger partial charge in [0.2, 0.25) is 0 Å². The second kappa shape index (κ2) is 10.8. The molecule has 0 aliphatic rings. The van der Waals surface area contributed by atoms with Crippen LogP contribution in [0.4, 0.5) is 0 Å². The van der Waals surface area contributed by atoms with Crippen molar-refractivity contribution in [2.75, 3.05) is 6.61 Å². The van der Waals surface area contributed by atoms with E-state index in [-0.39, 0.29) is 36.2 Å². The Morgan fingerprint density at radius 1 is 1.05 bits per heavy atom. The first-order valence-corrected chi connectivity index (χ1v) is 9.21. The molecule has 5 heteroatoms. The molecule has 0 amide bonds. The summed E-state index contributed by atoms with van der Waals surface area (Å²) in [4.78, 5) is 0.294. The van der Waals surface area contributed by atoms with Crippen LogP contribution >= 0.6 is 0 Å². The fraction of sp³-hybridized carbons (Fsp3) is 0.647. The van der Waals surface area contributed by atoms with Crippen molar-refractivity contribution in [3.63, 3.8) is 0 Å². The van der Waals surface area contributed by atoms with Crippen LogP contribution in [0.2, 0.25) is 0 Å². The summed E-state index contributed by atoms with van der Waals surface area (Å²) in [5.74, 6) is 0.742. The van der Waals surface area contributed by atoms with Gasteiger partial charge < -0.3 is 0 Å². The molecule has 0 unspecified atom stereocenters.